The molecule has 0 amide bonds. The maximum atomic E-state index is 4.55. The molecule has 16 heavy (non-hydrogen) atoms. The molecule has 2 rings (SSSR count). The zero-order chi connectivity index (χ0) is 11.8. The van der Waals surface area contributed by atoms with Crippen LogP contribution in [-0.2, 0) is 5.41 Å². The standard InChI is InChI=1S/C12H20BrN3/c1-12(2,3)11-10(13)8-15-16(11)9-4-6-14-7-5-9/h8-9,14H,4-7H2,1-3H3. The summed E-state index contributed by atoms with van der Waals surface area (Å²) < 4.78 is 3.36. The van der Waals surface area contributed by atoms with E-state index in [9.17, 15) is 0 Å². The molecule has 2 heterocycles. The Balaban J connectivity index is 2.33. The number of rotatable bonds is 1. The van der Waals surface area contributed by atoms with Crippen LogP contribution in [0.4, 0.5) is 0 Å². The maximum Gasteiger partial charge on any atom is 0.0635 e. The van der Waals surface area contributed by atoms with E-state index in [0.29, 0.717) is 6.04 Å². The summed E-state index contributed by atoms with van der Waals surface area (Å²) in [5, 5.41) is 7.94. The second kappa shape index (κ2) is 4.49. The monoisotopic (exact) mass is 285 g/mol. The SMILES string of the molecule is CC(C)(C)c1c(Br)cnn1C1CCNCC1. The fourth-order valence-electron chi connectivity index (χ4n) is 2.37. The minimum absolute atomic E-state index is 0.139. The molecule has 0 aliphatic carbocycles. The Morgan fingerprint density at radius 3 is 2.56 bits per heavy atom. The van der Waals surface area contributed by atoms with E-state index in [1.165, 1.54) is 18.5 Å². The lowest BCUT2D eigenvalue weighted by atomic mass is 9.91. The number of hydrogen-bond donors (Lipinski definition) is 1. The lowest BCUT2D eigenvalue weighted by molar-refractivity contribution is 0.320. The molecule has 1 aromatic heterocycles. The van der Waals surface area contributed by atoms with Crippen molar-refractivity contribution in [2.24, 2.45) is 0 Å². The van der Waals surface area contributed by atoms with Gasteiger partial charge in [-0.15, -0.1) is 0 Å². The minimum Gasteiger partial charge on any atom is -0.317 e. The van der Waals surface area contributed by atoms with Crippen LogP contribution in [0.25, 0.3) is 0 Å². The molecule has 0 bridgehead atoms. The fraction of sp³-hybridized carbons (Fsp3) is 0.750. The van der Waals surface area contributed by atoms with Crippen LogP contribution in [0.1, 0.15) is 45.3 Å². The molecular weight excluding hydrogens is 266 g/mol. The average molecular weight is 286 g/mol. The molecule has 1 aliphatic rings. The van der Waals surface area contributed by atoms with Gasteiger partial charge in [0.25, 0.3) is 0 Å². The van der Waals surface area contributed by atoms with Crippen molar-refractivity contribution in [2.75, 3.05) is 13.1 Å². The second-order valence-corrected chi connectivity index (χ2v) is 6.37. The van der Waals surface area contributed by atoms with E-state index in [1.807, 2.05) is 6.20 Å². The molecule has 1 saturated heterocycles. The Hall–Kier alpha value is -0.350. The highest BCUT2D eigenvalue weighted by Gasteiger charge is 2.27. The molecule has 0 aromatic carbocycles. The van der Waals surface area contributed by atoms with Gasteiger partial charge in [0.1, 0.15) is 0 Å². The van der Waals surface area contributed by atoms with E-state index in [2.05, 4.69) is 51.8 Å². The van der Waals surface area contributed by atoms with E-state index in [-0.39, 0.29) is 5.41 Å². The summed E-state index contributed by atoms with van der Waals surface area (Å²) >= 11 is 3.62. The molecule has 3 nitrogen and oxygen atoms in total. The summed E-state index contributed by atoms with van der Waals surface area (Å²) in [6.07, 6.45) is 4.29. The molecule has 1 aliphatic heterocycles. The van der Waals surface area contributed by atoms with Gasteiger partial charge in [-0.3, -0.25) is 4.68 Å². The third-order valence-corrected chi connectivity index (χ3v) is 3.70. The first-order chi connectivity index (χ1) is 7.50. The van der Waals surface area contributed by atoms with Crippen LogP contribution in [0.5, 0.6) is 0 Å². The molecule has 90 valence electrons. The molecule has 4 heteroatoms. The van der Waals surface area contributed by atoms with Gasteiger partial charge in [-0.2, -0.15) is 5.10 Å². The molecule has 0 saturated carbocycles. The first kappa shape index (κ1) is 12.1. The van der Waals surface area contributed by atoms with Crippen molar-refractivity contribution in [1.29, 1.82) is 0 Å². The molecule has 0 radical (unpaired) electrons. The van der Waals surface area contributed by atoms with Crippen LogP contribution < -0.4 is 5.32 Å². The van der Waals surface area contributed by atoms with Crippen molar-refractivity contribution in [3.05, 3.63) is 16.4 Å². The van der Waals surface area contributed by atoms with Gasteiger partial charge in [0.05, 0.1) is 22.4 Å². The van der Waals surface area contributed by atoms with E-state index in [0.717, 1.165) is 17.6 Å². The number of halogens is 1. The molecular formula is C12H20BrN3. The highest BCUT2D eigenvalue weighted by Crippen LogP contribution is 2.33. The molecule has 1 aromatic rings. The van der Waals surface area contributed by atoms with Gasteiger partial charge in [0.2, 0.25) is 0 Å². The number of nitrogens with zero attached hydrogens (tertiary/aromatic N) is 2. The molecule has 0 spiro atoms. The first-order valence-corrected chi connectivity index (χ1v) is 6.73. The zero-order valence-electron chi connectivity index (χ0n) is 10.3. The average Bonchev–Trinajstić information content (AvgIpc) is 2.61. The Labute approximate surface area is 106 Å². The summed E-state index contributed by atoms with van der Waals surface area (Å²) in [6.45, 7) is 8.93. The number of hydrogen-bond acceptors (Lipinski definition) is 2. The molecule has 1 N–H and O–H groups in total. The molecule has 0 unspecified atom stereocenters. The predicted molar refractivity (Wildman–Crippen MR) is 69.8 cm³/mol. The van der Waals surface area contributed by atoms with Crippen LogP contribution in [0.2, 0.25) is 0 Å². The number of nitrogens with one attached hydrogen (secondary N) is 1. The highest BCUT2D eigenvalue weighted by atomic mass is 79.9. The van der Waals surface area contributed by atoms with Crippen molar-refractivity contribution in [2.45, 2.75) is 45.1 Å². The number of aromatic nitrogens is 2. The quantitative estimate of drug-likeness (QED) is 0.860. The molecule has 1 fully saturated rings. The van der Waals surface area contributed by atoms with E-state index >= 15 is 0 Å². The van der Waals surface area contributed by atoms with Crippen LogP contribution in [-0.4, -0.2) is 22.9 Å². The Morgan fingerprint density at radius 1 is 1.38 bits per heavy atom. The second-order valence-electron chi connectivity index (χ2n) is 5.52. The van der Waals surface area contributed by atoms with Crippen molar-refractivity contribution < 1.29 is 0 Å². The normalized spacial score (nSPS) is 19.0. The van der Waals surface area contributed by atoms with Crippen LogP contribution in [0.3, 0.4) is 0 Å². The largest absolute Gasteiger partial charge is 0.317 e. The first-order valence-electron chi connectivity index (χ1n) is 5.94. The Bertz CT molecular complexity index is 359. The van der Waals surface area contributed by atoms with Crippen molar-refractivity contribution >= 4 is 15.9 Å². The van der Waals surface area contributed by atoms with E-state index in [1.54, 1.807) is 0 Å². The minimum atomic E-state index is 0.139. The zero-order valence-corrected chi connectivity index (χ0v) is 11.8. The van der Waals surface area contributed by atoms with E-state index < -0.39 is 0 Å². The smallest absolute Gasteiger partial charge is 0.0635 e. The van der Waals surface area contributed by atoms with E-state index in [4.69, 9.17) is 0 Å². The van der Waals surface area contributed by atoms with Gasteiger partial charge >= 0.3 is 0 Å². The fourth-order valence-corrected chi connectivity index (χ4v) is 3.24. The molecule has 0 atom stereocenters. The van der Waals surface area contributed by atoms with Crippen molar-refractivity contribution in [3.63, 3.8) is 0 Å². The van der Waals surface area contributed by atoms with Crippen LogP contribution in [0.15, 0.2) is 10.7 Å². The van der Waals surface area contributed by atoms with Gasteiger partial charge in [-0.25, -0.2) is 0 Å². The van der Waals surface area contributed by atoms with Crippen molar-refractivity contribution in [3.8, 4) is 0 Å². The van der Waals surface area contributed by atoms with Crippen molar-refractivity contribution in [1.82, 2.24) is 15.1 Å². The third-order valence-electron chi connectivity index (χ3n) is 3.12. The topological polar surface area (TPSA) is 29.9 Å². The summed E-state index contributed by atoms with van der Waals surface area (Å²) in [7, 11) is 0. The lowest BCUT2D eigenvalue weighted by Gasteiger charge is -2.29. The predicted octanol–water partition coefficient (Wildman–Crippen LogP) is 2.87. The summed E-state index contributed by atoms with van der Waals surface area (Å²) in [4.78, 5) is 0. The van der Waals surface area contributed by atoms with Gasteiger partial charge in [-0.1, -0.05) is 20.8 Å². The third kappa shape index (κ3) is 2.33. The van der Waals surface area contributed by atoms with Crippen LogP contribution >= 0.6 is 15.9 Å². The summed E-state index contributed by atoms with van der Waals surface area (Å²) in [5.74, 6) is 0. The van der Waals surface area contributed by atoms with Gasteiger partial charge in [0, 0.05) is 5.41 Å². The maximum absolute atomic E-state index is 4.55. The van der Waals surface area contributed by atoms with Crippen LogP contribution in [0, 0.1) is 0 Å². The van der Waals surface area contributed by atoms with Gasteiger partial charge < -0.3 is 5.32 Å². The summed E-state index contributed by atoms with van der Waals surface area (Å²) in [5.41, 5.74) is 1.46. The van der Waals surface area contributed by atoms with Gasteiger partial charge in [-0.05, 0) is 41.9 Å². The lowest BCUT2D eigenvalue weighted by Crippen LogP contribution is -2.32. The number of piperidine rings is 1. The Morgan fingerprint density at radius 2 is 2.00 bits per heavy atom. The van der Waals surface area contributed by atoms with Gasteiger partial charge in [0.15, 0.2) is 0 Å². The summed E-state index contributed by atoms with van der Waals surface area (Å²) in [6, 6.07) is 0.557. The Kier molecular flexibility index (Phi) is 3.40. The highest BCUT2D eigenvalue weighted by molar-refractivity contribution is 9.10.